The fraction of sp³-hybridized carbons (Fsp3) is 0.500. The predicted molar refractivity (Wildman–Crippen MR) is 105 cm³/mol. The third-order valence-corrected chi connectivity index (χ3v) is 10.2. The van der Waals surface area contributed by atoms with Crippen LogP contribution in [0, 0.1) is 26.7 Å². The molecule has 0 N–H and O–H groups in total. The van der Waals surface area contributed by atoms with Crippen LogP contribution < -0.4 is 5.30 Å². The fourth-order valence-electron chi connectivity index (χ4n) is 4.27. The lowest BCUT2D eigenvalue weighted by atomic mass is 10.1. The molecule has 0 radical (unpaired) electrons. The minimum absolute atomic E-state index is 0.00579. The molecule has 1 aliphatic rings. The molecule has 1 heterocycles. The maximum Gasteiger partial charge on any atom is 0.379 e. The van der Waals surface area contributed by atoms with Crippen LogP contribution >= 0.6 is 6.89 Å². The van der Waals surface area contributed by atoms with Crippen molar-refractivity contribution in [3.05, 3.63) is 28.8 Å². The molecule has 6 heteroatoms. The Morgan fingerprint density at radius 2 is 1.54 bits per heavy atom. The van der Waals surface area contributed by atoms with Gasteiger partial charge in [0.15, 0.2) is 0 Å². The summed E-state index contributed by atoms with van der Waals surface area (Å²) in [5, 5.41) is 1.07. The molecule has 2 unspecified atom stereocenters. The molecule has 1 aromatic carbocycles. The Bertz CT molecular complexity index is 798. The summed E-state index contributed by atoms with van der Waals surface area (Å²) >= 11 is 0. The highest BCUT2D eigenvalue weighted by Crippen LogP contribution is 2.57. The van der Waals surface area contributed by atoms with Crippen molar-refractivity contribution in [3.63, 3.8) is 0 Å². The van der Waals surface area contributed by atoms with Gasteiger partial charge in [-0.25, -0.2) is 9.59 Å². The molecule has 1 fully saturated rings. The lowest BCUT2D eigenvalue weighted by Gasteiger charge is -2.29. The first-order chi connectivity index (χ1) is 12.2. The van der Waals surface area contributed by atoms with Crippen molar-refractivity contribution >= 4 is 35.2 Å². The Hall–Kier alpha value is -1.87. The van der Waals surface area contributed by atoms with Crippen molar-refractivity contribution in [1.29, 1.82) is 0 Å². The van der Waals surface area contributed by atoms with Crippen LogP contribution in [0.5, 0.6) is 0 Å². The van der Waals surface area contributed by atoms with E-state index in [9.17, 15) is 14.4 Å². The molecule has 1 aromatic rings. The molecule has 0 amide bonds. The van der Waals surface area contributed by atoms with E-state index in [0.717, 1.165) is 47.8 Å². The van der Waals surface area contributed by atoms with E-state index in [1.165, 1.54) is 7.11 Å². The molecule has 0 saturated carbocycles. The minimum Gasteiger partial charge on any atom is -0.465 e. The van der Waals surface area contributed by atoms with E-state index < -0.39 is 24.6 Å². The molecule has 1 saturated heterocycles. The van der Waals surface area contributed by atoms with Crippen LogP contribution in [0.4, 0.5) is 0 Å². The summed E-state index contributed by atoms with van der Waals surface area (Å²) in [6, 6.07) is 4.15. The molecule has 1 aliphatic heterocycles. The zero-order valence-corrected chi connectivity index (χ0v) is 17.2. The monoisotopic (exact) mass is 378 g/mol. The number of aryl methyl sites for hydroxylation is 3. The number of carbonyl (C=O) groups is 3. The third kappa shape index (κ3) is 3.50. The number of ketones is 1. The molecule has 0 aliphatic carbocycles. The van der Waals surface area contributed by atoms with Crippen LogP contribution in [-0.2, 0) is 23.9 Å². The first-order valence-corrected chi connectivity index (χ1v) is 10.9. The van der Waals surface area contributed by atoms with Gasteiger partial charge in [-0.15, -0.1) is 0 Å². The van der Waals surface area contributed by atoms with Crippen molar-refractivity contribution < 1.29 is 23.9 Å². The number of rotatable bonds is 4. The fourth-order valence-corrected chi connectivity index (χ4v) is 10.0. The van der Waals surface area contributed by atoms with Gasteiger partial charge in [-0.3, -0.25) is 4.79 Å². The molecule has 2 rings (SSSR count). The van der Waals surface area contributed by atoms with Gasteiger partial charge >= 0.3 is 11.9 Å². The maximum absolute atomic E-state index is 12.9. The summed E-state index contributed by atoms with van der Waals surface area (Å²) in [5.41, 5.74) is 3.25. The lowest BCUT2D eigenvalue weighted by molar-refractivity contribution is -0.149. The average Bonchev–Trinajstić information content (AvgIpc) is 2.94. The van der Waals surface area contributed by atoms with Crippen molar-refractivity contribution in [2.24, 2.45) is 5.92 Å². The minimum atomic E-state index is -2.36. The Kier molecular flexibility index (Phi) is 6.13. The van der Waals surface area contributed by atoms with Crippen LogP contribution in [0.1, 0.15) is 30.0 Å². The van der Waals surface area contributed by atoms with Gasteiger partial charge in [0.2, 0.25) is 0 Å². The van der Waals surface area contributed by atoms with Crippen LogP contribution in [0.25, 0.3) is 0 Å². The molecule has 0 bridgehead atoms. The van der Waals surface area contributed by atoms with E-state index in [-0.39, 0.29) is 5.29 Å². The largest absolute Gasteiger partial charge is 0.465 e. The number of benzene rings is 1. The predicted octanol–water partition coefficient (Wildman–Crippen LogP) is 2.38. The Morgan fingerprint density at radius 3 is 1.96 bits per heavy atom. The molecule has 2 atom stereocenters. The molecular weight excluding hydrogens is 351 g/mol. The summed E-state index contributed by atoms with van der Waals surface area (Å²) in [6.07, 6.45) is 2.37. The number of Topliss-reactive ketones (excluding diaryl/α,β-unsaturated/α-hetero) is 1. The van der Waals surface area contributed by atoms with Crippen LogP contribution in [0.3, 0.4) is 0 Å². The second-order valence-corrected chi connectivity index (χ2v) is 10.8. The smallest absolute Gasteiger partial charge is 0.379 e. The maximum atomic E-state index is 12.9. The van der Waals surface area contributed by atoms with Crippen molar-refractivity contribution in [3.8, 4) is 0 Å². The highest BCUT2D eigenvalue weighted by Gasteiger charge is 2.42. The summed E-state index contributed by atoms with van der Waals surface area (Å²) in [6.45, 7) is 5.81. The van der Waals surface area contributed by atoms with E-state index in [1.54, 1.807) is 0 Å². The van der Waals surface area contributed by atoms with Crippen molar-refractivity contribution in [1.82, 2.24) is 0 Å². The van der Waals surface area contributed by atoms with Gasteiger partial charge in [-0.2, -0.15) is 0 Å². The SMILES string of the molecule is COC(=O)C(=O)C(C(=O)OC)=P1(c2c(C)cc(C)cc2C)CCC(C)C1. The molecule has 5 nitrogen and oxygen atoms in total. The number of carbonyl (C=O) groups excluding carboxylic acids is 3. The van der Waals surface area contributed by atoms with Gasteiger partial charge in [-0.1, -0.05) is 31.5 Å². The van der Waals surface area contributed by atoms with Gasteiger partial charge in [0.25, 0.3) is 5.78 Å². The van der Waals surface area contributed by atoms with Gasteiger partial charge in [0, 0.05) is 0 Å². The van der Waals surface area contributed by atoms with E-state index >= 15 is 0 Å². The molecule has 0 spiro atoms. The second kappa shape index (κ2) is 7.79. The van der Waals surface area contributed by atoms with Gasteiger partial charge in [0.1, 0.15) is 5.29 Å². The van der Waals surface area contributed by atoms with E-state index in [1.807, 2.05) is 20.8 Å². The number of hydrogen-bond donors (Lipinski definition) is 0. The third-order valence-electron chi connectivity index (χ3n) is 5.08. The Labute approximate surface area is 155 Å². The van der Waals surface area contributed by atoms with Gasteiger partial charge in [0.05, 0.1) is 14.2 Å². The Balaban J connectivity index is 2.96. The summed E-state index contributed by atoms with van der Waals surface area (Å²) in [4.78, 5) is 37.6. The normalized spacial score (nSPS) is 22.0. The lowest BCUT2D eigenvalue weighted by Crippen LogP contribution is -2.36. The molecular formula is C20H27O5P. The standard InChI is InChI=1S/C20H27O5P/c1-12-7-8-26(11-12,17-14(3)9-13(2)10-15(17)4)18(20(23)25-6)16(21)19(22)24-5/h9-10,12H,7-8,11H2,1-6H3. The van der Waals surface area contributed by atoms with Crippen molar-refractivity contribution in [2.45, 2.75) is 34.1 Å². The molecule has 26 heavy (non-hydrogen) atoms. The number of esters is 2. The van der Waals surface area contributed by atoms with Gasteiger partial charge < -0.3 is 9.47 Å². The van der Waals surface area contributed by atoms with E-state index in [2.05, 4.69) is 23.8 Å². The van der Waals surface area contributed by atoms with Crippen LogP contribution in [0.2, 0.25) is 0 Å². The second-order valence-electron chi connectivity index (χ2n) is 7.18. The summed E-state index contributed by atoms with van der Waals surface area (Å²) in [5.74, 6) is -2.20. The number of methoxy groups -OCH3 is 2. The summed E-state index contributed by atoms with van der Waals surface area (Å²) in [7, 11) is 2.40. The van der Waals surface area contributed by atoms with Gasteiger partial charge in [-0.05, 0) is 61.9 Å². The molecule has 142 valence electrons. The van der Waals surface area contributed by atoms with Crippen LogP contribution in [0.15, 0.2) is 12.1 Å². The van der Waals surface area contributed by atoms with E-state index in [4.69, 9.17) is 4.74 Å². The summed E-state index contributed by atoms with van der Waals surface area (Å²) < 4.78 is 9.58. The first-order valence-electron chi connectivity index (χ1n) is 8.72. The molecule has 0 aromatic heterocycles. The zero-order chi connectivity index (χ0) is 19.6. The topological polar surface area (TPSA) is 69.7 Å². The number of ether oxygens (including phenoxy) is 2. The highest BCUT2D eigenvalue weighted by molar-refractivity contribution is 7.86. The Morgan fingerprint density at radius 1 is 1.00 bits per heavy atom. The average molecular weight is 378 g/mol. The van der Waals surface area contributed by atoms with E-state index in [0.29, 0.717) is 5.92 Å². The van der Waals surface area contributed by atoms with Crippen LogP contribution in [-0.4, -0.2) is 49.6 Å². The zero-order valence-electron chi connectivity index (χ0n) is 16.3. The first kappa shape index (κ1) is 20.4. The highest BCUT2D eigenvalue weighted by atomic mass is 31.2. The quantitative estimate of drug-likeness (QED) is 0.348. The number of hydrogen-bond acceptors (Lipinski definition) is 5. The van der Waals surface area contributed by atoms with Crippen molar-refractivity contribution in [2.75, 3.05) is 26.5 Å².